The highest BCUT2D eigenvalue weighted by Gasteiger charge is 2.18. The number of H-pyrrole nitrogens is 1. The highest BCUT2D eigenvalue weighted by atomic mass is 16.1. The van der Waals surface area contributed by atoms with Gasteiger partial charge in [0.15, 0.2) is 0 Å². The van der Waals surface area contributed by atoms with Gasteiger partial charge in [-0.2, -0.15) is 0 Å². The number of rotatable bonds is 4. The van der Waals surface area contributed by atoms with E-state index in [2.05, 4.69) is 15.3 Å². The summed E-state index contributed by atoms with van der Waals surface area (Å²) in [7, 11) is 0. The van der Waals surface area contributed by atoms with Crippen LogP contribution in [0.25, 0.3) is 22.2 Å². The third-order valence-electron chi connectivity index (χ3n) is 4.72. The van der Waals surface area contributed by atoms with E-state index in [1.54, 1.807) is 6.07 Å². The van der Waals surface area contributed by atoms with Gasteiger partial charge in [-0.15, -0.1) is 0 Å². The summed E-state index contributed by atoms with van der Waals surface area (Å²) >= 11 is 0. The Hall–Kier alpha value is -2.82. The molecule has 0 unspecified atom stereocenters. The largest absolute Gasteiger partial charge is 0.367 e. The maximum atomic E-state index is 11.8. The normalized spacial score (nSPS) is 15.0. The number of anilines is 1. The van der Waals surface area contributed by atoms with Crippen LogP contribution in [0, 0.1) is 0 Å². The van der Waals surface area contributed by atoms with E-state index in [-0.39, 0.29) is 0 Å². The van der Waals surface area contributed by atoms with Gasteiger partial charge >= 0.3 is 0 Å². The Morgan fingerprint density at radius 3 is 2.75 bits per heavy atom. The second kappa shape index (κ2) is 6.00. The number of carbonyl (C=O) groups is 1. The SMILES string of the molecule is NC(=O)c1ccccc1-c1cc(NC2CCCC2)nc2[nH]ccc12. The predicted molar refractivity (Wildman–Crippen MR) is 95.9 cm³/mol. The van der Waals surface area contributed by atoms with E-state index in [1.807, 2.05) is 36.5 Å². The fourth-order valence-electron chi connectivity index (χ4n) is 3.55. The summed E-state index contributed by atoms with van der Waals surface area (Å²) in [6.07, 6.45) is 6.75. The molecule has 122 valence electrons. The molecule has 3 aromatic rings. The molecule has 1 aliphatic carbocycles. The summed E-state index contributed by atoms with van der Waals surface area (Å²) in [6.45, 7) is 0. The first-order chi connectivity index (χ1) is 11.7. The van der Waals surface area contributed by atoms with Crippen LogP contribution >= 0.6 is 0 Å². The smallest absolute Gasteiger partial charge is 0.249 e. The van der Waals surface area contributed by atoms with Crippen molar-refractivity contribution in [2.24, 2.45) is 5.73 Å². The lowest BCUT2D eigenvalue weighted by Crippen LogP contribution is -2.16. The molecule has 0 radical (unpaired) electrons. The first-order valence-corrected chi connectivity index (χ1v) is 8.36. The van der Waals surface area contributed by atoms with Gasteiger partial charge in [0.25, 0.3) is 0 Å². The minimum atomic E-state index is -0.420. The van der Waals surface area contributed by atoms with Crippen LogP contribution < -0.4 is 11.1 Å². The number of fused-ring (bicyclic) bond motifs is 1. The molecule has 0 atom stereocenters. The summed E-state index contributed by atoms with van der Waals surface area (Å²) in [5.74, 6) is 0.419. The molecule has 1 saturated carbocycles. The van der Waals surface area contributed by atoms with Gasteiger partial charge in [-0.25, -0.2) is 4.98 Å². The zero-order chi connectivity index (χ0) is 16.5. The molecule has 4 rings (SSSR count). The van der Waals surface area contributed by atoms with Crippen LogP contribution in [0.1, 0.15) is 36.0 Å². The minimum Gasteiger partial charge on any atom is -0.367 e. The van der Waals surface area contributed by atoms with Crippen LogP contribution in [-0.4, -0.2) is 21.9 Å². The molecular weight excluding hydrogens is 300 g/mol. The number of benzene rings is 1. The van der Waals surface area contributed by atoms with Crippen LogP contribution in [0.15, 0.2) is 42.6 Å². The third kappa shape index (κ3) is 2.62. The molecule has 5 nitrogen and oxygen atoms in total. The topological polar surface area (TPSA) is 83.8 Å². The third-order valence-corrected chi connectivity index (χ3v) is 4.72. The number of aromatic amines is 1. The van der Waals surface area contributed by atoms with Gasteiger partial charge in [-0.3, -0.25) is 4.79 Å². The molecule has 0 aliphatic heterocycles. The molecular formula is C19H20N4O. The zero-order valence-electron chi connectivity index (χ0n) is 13.4. The summed E-state index contributed by atoms with van der Waals surface area (Å²) < 4.78 is 0. The molecule has 2 heterocycles. The summed E-state index contributed by atoms with van der Waals surface area (Å²) in [5.41, 5.74) is 8.71. The van der Waals surface area contributed by atoms with E-state index in [0.717, 1.165) is 28.0 Å². The van der Waals surface area contributed by atoms with Gasteiger partial charge < -0.3 is 16.0 Å². The highest BCUT2D eigenvalue weighted by molar-refractivity contribution is 6.04. The molecule has 4 N–H and O–H groups in total. The van der Waals surface area contributed by atoms with Gasteiger partial charge in [-0.1, -0.05) is 31.0 Å². The molecule has 0 spiro atoms. The van der Waals surface area contributed by atoms with Crippen molar-refractivity contribution in [3.8, 4) is 11.1 Å². The lowest BCUT2D eigenvalue weighted by molar-refractivity contribution is 0.100. The maximum Gasteiger partial charge on any atom is 0.249 e. The Morgan fingerprint density at radius 2 is 1.96 bits per heavy atom. The van der Waals surface area contributed by atoms with E-state index >= 15 is 0 Å². The highest BCUT2D eigenvalue weighted by Crippen LogP contribution is 2.33. The number of primary amides is 1. The Morgan fingerprint density at radius 1 is 1.17 bits per heavy atom. The molecule has 24 heavy (non-hydrogen) atoms. The van der Waals surface area contributed by atoms with Crippen LogP contribution in [0.2, 0.25) is 0 Å². The van der Waals surface area contributed by atoms with E-state index in [9.17, 15) is 4.79 Å². The molecule has 0 saturated heterocycles. The monoisotopic (exact) mass is 320 g/mol. The second-order valence-electron chi connectivity index (χ2n) is 6.33. The van der Waals surface area contributed by atoms with Crippen molar-refractivity contribution in [3.05, 3.63) is 48.2 Å². The van der Waals surface area contributed by atoms with Crippen molar-refractivity contribution >= 4 is 22.8 Å². The molecule has 1 aromatic carbocycles. The number of aromatic nitrogens is 2. The van der Waals surface area contributed by atoms with Crippen molar-refractivity contribution in [2.45, 2.75) is 31.7 Å². The molecule has 1 aliphatic rings. The van der Waals surface area contributed by atoms with E-state index < -0.39 is 5.91 Å². The predicted octanol–water partition coefficient (Wildman–Crippen LogP) is 3.68. The lowest BCUT2D eigenvalue weighted by Gasteiger charge is -2.15. The van der Waals surface area contributed by atoms with E-state index in [4.69, 9.17) is 5.73 Å². The number of amides is 1. The van der Waals surface area contributed by atoms with Gasteiger partial charge in [0.2, 0.25) is 5.91 Å². The second-order valence-corrected chi connectivity index (χ2v) is 6.33. The number of hydrogen-bond donors (Lipinski definition) is 3. The Balaban J connectivity index is 1.85. The van der Waals surface area contributed by atoms with Gasteiger partial charge in [-0.05, 0) is 42.2 Å². The number of nitrogens with one attached hydrogen (secondary N) is 2. The number of hydrogen-bond acceptors (Lipinski definition) is 3. The first kappa shape index (κ1) is 14.8. The maximum absolute atomic E-state index is 11.8. The lowest BCUT2D eigenvalue weighted by atomic mass is 9.97. The van der Waals surface area contributed by atoms with Crippen molar-refractivity contribution < 1.29 is 4.79 Å². The van der Waals surface area contributed by atoms with Crippen LogP contribution in [0.5, 0.6) is 0 Å². The zero-order valence-corrected chi connectivity index (χ0v) is 13.4. The molecule has 5 heteroatoms. The van der Waals surface area contributed by atoms with Crippen molar-refractivity contribution in [1.29, 1.82) is 0 Å². The first-order valence-electron chi connectivity index (χ1n) is 8.36. The minimum absolute atomic E-state index is 0.420. The van der Waals surface area contributed by atoms with E-state index in [1.165, 1.54) is 25.7 Å². The Bertz CT molecular complexity index is 893. The van der Waals surface area contributed by atoms with Gasteiger partial charge in [0.05, 0.1) is 0 Å². The Labute approximate surface area is 140 Å². The summed E-state index contributed by atoms with van der Waals surface area (Å²) in [5, 5.41) is 4.52. The van der Waals surface area contributed by atoms with Gasteiger partial charge in [0.1, 0.15) is 11.5 Å². The molecule has 0 bridgehead atoms. The number of nitrogens with two attached hydrogens (primary N) is 1. The van der Waals surface area contributed by atoms with Crippen LogP contribution in [0.4, 0.5) is 5.82 Å². The van der Waals surface area contributed by atoms with Gasteiger partial charge in [0, 0.05) is 23.2 Å². The van der Waals surface area contributed by atoms with Crippen LogP contribution in [0.3, 0.4) is 0 Å². The average Bonchev–Trinajstić information content (AvgIpc) is 3.25. The summed E-state index contributed by atoms with van der Waals surface area (Å²) in [4.78, 5) is 19.7. The van der Waals surface area contributed by atoms with Crippen molar-refractivity contribution in [2.75, 3.05) is 5.32 Å². The Kier molecular flexibility index (Phi) is 3.69. The number of nitrogens with zero attached hydrogens (tertiary/aromatic N) is 1. The fraction of sp³-hybridized carbons (Fsp3) is 0.263. The quantitative estimate of drug-likeness (QED) is 0.685. The number of pyridine rings is 1. The van der Waals surface area contributed by atoms with Crippen molar-refractivity contribution in [1.82, 2.24) is 9.97 Å². The summed E-state index contributed by atoms with van der Waals surface area (Å²) in [6, 6.07) is 11.9. The molecule has 1 fully saturated rings. The van der Waals surface area contributed by atoms with E-state index in [0.29, 0.717) is 11.6 Å². The molecule has 2 aromatic heterocycles. The number of carbonyl (C=O) groups excluding carboxylic acids is 1. The van der Waals surface area contributed by atoms with Crippen LogP contribution in [-0.2, 0) is 0 Å². The standard InChI is InChI=1S/C19H20N4O/c20-18(24)14-8-4-3-7-13(14)16-11-17(22-12-5-1-2-6-12)23-19-15(16)9-10-21-19/h3-4,7-12H,1-2,5-6H2,(H2,20,24)(H2,21,22,23). The molecule has 1 amide bonds. The fourth-order valence-corrected chi connectivity index (χ4v) is 3.55. The average molecular weight is 320 g/mol. The van der Waals surface area contributed by atoms with Crippen molar-refractivity contribution in [3.63, 3.8) is 0 Å².